The molecule has 140 valence electrons. The lowest BCUT2D eigenvalue weighted by Crippen LogP contribution is -2.40. The number of hydrogen-bond donors (Lipinski definition) is 0. The van der Waals surface area contributed by atoms with Crippen LogP contribution in [0.25, 0.3) is 0 Å². The number of aromatic nitrogens is 2. The molecule has 0 radical (unpaired) electrons. The molecule has 0 N–H and O–H groups in total. The van der Waals surface area contributed by atoms with E-state index in [4.69, 9.17) is 17.8 Å². The van der Waals surface area contributed by atoms with Crippen molar-refractivity contribution in [3.8, 4) is 6.01 Å². The van der Waals surface area contributed by atoms with Crippen LogP contribution in [0.3, 0.4) is 0 Å². The Bertz CT molecular complexity index is 953. The fourth-order valence-electron chi connectivity index (χ4n) is 2.64. The van der Waals surface area contributed by atoms with Crippen LogP contribution in [0.4, 0.5) is 0 Å². The second kappa shape index (κ2) is 6.02. The van der Waals surface area contributed by atoms with Crippen molar-refractivity contribution in [3.63, 3.8) is 0 Å². The van der Waals surface area contributed by atoms with Gasteiger partial charge in [-0.2, -0.15) is 21.8 Å². The van der Waals surface area contributed by atoms with Crippen LogP contribution < -0.4 is 10.3 Å². The van der Waals surface area contributed by atoms with Crippen LogP contribution in [0, 0.1) is 6.92 Å². The number of nitrogens with zero attached hydrogens (tertiary/aromatic N) is 2. The van der Waals surface area contributed by atoms with Gasteiger partial charge in [-0.25, -0.2) is 0 Å². The lowest BCUT2D eigenvalue weighted by molar-refractivity contribution is -0.0323. The molecule has 2 aliphatic rings. The zero-order valence-corrected chi connectivity index (χ0v) is 15.1. The second-order valence-electron chi connectivity index (χ2n) is 5.82. The minimum atomic E-state index is -3.89. The molecule has 2 aliphatic heterocycles. The van der Waals surface area contributed by atoms with Crippen LogP contribution >= 0.6 is 0 Å². The molecule has 3 rings (SSSR count). The topological polar surface area (TPSA) is 140 Å². The number of aryl methyl sites for hydroxylation is 1. The van der Waals surface area contributed by atoms with Crippen molar-refractivity contribution in [2.24, 2.45) is 0 Å². The maximum atomic E-state index is 11.6. The van der Waals surface area contributed by atoms with Gasteiger partial charge in [-0.3, -0.25) is 17.7 Å². The van der Waals surface area contributed by atoms with E-state index in [0.29, 0.717) is 5.56 Å². The molecule has 1 fully saturated rings. The molecule has 25 heavy (non-hydrogen) atoms. The minimum Gasteiger partial charge on any atom is -0.453 e. The first kappa shape index (κ1) is 18.3. The second-order valence-corrected chi connectivity index (χ2v) is 9.06. The number of rotatable bonds is 5. The van der Waals surface area contributed by atoms with Crippen LogP contribution in [-0.2, 0) is 33.3 Å². The lowest BCUT2D eigenvalue weighted by Gasteiger charge is -2.20. The Morgan fingerprint density at radius 3 is 2.52 bits per heavy atom. The quantitative estimate of drug-likeness (QED) is 0.542. The number of fused-ring (bicyclic) bond motifs is 3. The highest BCUT2D eigenvalue weighted by Gasteiger charge is 2.54. The van der Waals surface area contributed by atoms with Crippen molar-refractivity contribution in [3.05, 3.63) is 22.1 Å². The SMILES string of the molecule is Cc1cn2c(nc1=O)OC1C(OS(C)(=O)=O)C(COS(C)(=O)=O)OC12. The first-order valence-corrected chi connectivity index (χ1v) is 10.7. The van der Waals surface area contributed by atoms with Crippen LogP contribution in [0.2, 0.25) is 0 Å². The molecule has 0 bridgehead atoms. The molecule has 11 nitrogen and oxygen atoms in total. The largest absolute Gasteiger partial charge is 0.453 e. The molecule has 0 aromatic carbocycles. The summed E-state index contributed by atoms with van der Waals surface area (Å²) in [4.78, 5) is 15.4. The van der Waals surface area contributed by atoms with Crippen molar-refractivity contribution in [2.45, 2.75) is 31.5 Å². The van der Waals surface area contributed by atoms with Crippen molar-refractivity contribution in [2.75, 3.05) is 19.1 Å². The third kappa shape index (κ3) is 3.84. The van der Waals surface area contributed by atoms with E-state index in [2.05, 4.69) is 4.98 Å². The highest BCUT2D eigenvalue weighted by molar-refractivity contribution is 7.86. The van der Waals surface area contributed by atoms with Crippen LogP contribution in [0.15, 0.2) is 11.0 Å². The average Bonchev–Trinajstić information content (AvgIpc) is 2.93. The molecule has 13 heteroatoms. The van der Waals surface area contributed by atoms with Gasteiger partial charge in [0.15, 0.2) is 12.3 Å². The zero-order valence-electron chi connectivity index (χ0n) is 13.5. The van der Waals surface area contributed by atoms with E-state index in [0.717, 1.165) is 12.5 Å². The van der Waals surface area contributed by atoms with Gasteiger partial charge in [0.1, 0.15) is 12.2 Å². The summed E-state index contributed by atoms with van der Waals surface area (Å²) in [5, 5.41) is 0. The highest BCUT2D eigenvalue weighted by atomic mass is 32.2. The van der Waals surface area contributed by atoms with Gasteiger partial charge in [0.2, 0.25) is 0 Å². The van der Waals surface area contributed by atoms with Gasteiger partial charge in [-0.1, -0.05) is 0 Å². The normalized spacial score (nSPS) is 28.4. The standard InChI is InChI=1S/C12H16N2O9S2/c1-6-4-14-11-9(22-12(14)13-10(6)15)8(23-25(3,18)19)7(21-11)5-20-24(2,16)17/h4,7-9,11H,5H2,1-3H3. The summed E-state index contributed by atoms with van der Waals surface area (Å²) in [5.41, 5.74) is -0.142. The van der Waals surface area contributed by atoms with Crippen molar-refractivity contribution in [1.82, 2.24) is 9.55 Å². The fraction of sp³-hybridized carbons (Fsp3) is 0.667. The van der Waals surface area contributed by atoms with E-state index in [1.165, 1.54) is 10.8 Å². The molecular weight excluding hydrogens is 380 g/mol. The summed E-state index contributed by atoms with van der Waals surface area (Å²) in [6.45, 7) is 1.11. The first-order valence-electron chi connectivity index (χ1n) is 7.09. The molecule has 4 atom stereocenters. The Morgan fingerprint density at radius 2 is 1.92 bits per heavy atom. The van der Waals surface area contributed by atoms with Crippen LogP contribution in [0.1, 0.15) is 11.8 Å². The van der Waals surface area contributed by atoms with Crippen LogP contribution in [0.5, 0.6) is 6.01 Å². The zero-order chi connectivity index (χ0) is 18.6. The van der Waals surface area contributed by atoms with E-state index < -0.39 is 56.9 Å². The van der Waals surface area contributed by atoms with Gasteiger partial charge in [0, 0.05) is 11.8 Å². The maximum absolute atomic E-state index is 11.6. The lowest BCUT2D eigenvalue weighted by atomic mass is 10.1. The fourth-order valence-corrected chi connectivity index (χ4v) is 3.66. The van der Waals surface area contributed by atoms with Crippen LogP contribution in [-0.4, -0.2) is 63.8 Å². The molecule has 0 aliphatic carbocycles. The summed E-state index contributed by atoms with van der Waals surface area (Å²) in [7, 11) is -7.65. The van der Waals surface area contributed by atoms with E-state index in [1.807, 2.05) is 0 Å². The Balaban J connectivity index is 1.92. The van der Waals surface area contributed by atoms with Gasteiger partial charge in [0.25, 0.3) is 25.8 Å². The molecule has 1 aromatic heterocycles. The third-order valence-electron chi connectivity index (χ3n) is 3.62. The summed E-state index contributed by atoms with van der Waals surface area (Å²) >= 11 is 0. The monoisotopic (exact) mass is 396 g/mol. The number of hydrogen-bond acceptors (Lipinski definition) is 10. The molecule has 1 aromatic rings. The van der Waals surface area contributed by atoms with E-state index in [9.17, 15) is 21.6 Å². The van der Waals surface area contributed by atoms with Gasteiger partial charge in [-0.15, -0.1) is 0 Å². The Labute approximate surface area is 143 Å². The van der Waals surface area contributed by atoms with Crippen molar-refractivity contribution >= 4 is 20.2 Å². The maximum Gasteiger partial charge on any atom is 0.302 e. The average molecular weight is 396 g/mol. The van der Waals surface area contributed by atoms with Gasteiger partial charge >= 0.3 is 6.01 Å². The summed E-state index contributed by atoms with van der Waals surface area (Å²) in [5.74, 6) is 0. The van der Waals surface area contributed by atoms with Crippen molar-refractivity contribution < 1.29 is 34.7 Å². The molecule has 1 saturated heterocycles. The minimum absolute atomic E-state index is 0.0322. The summed E-state index contributed by atoms with van der Waals surface area (Å²) < 4.78 is 67.8. The predicted octanol–water partition coefficient (Wildman–Crippen LogP) is -1.47. The highest BCUT2D eigenvalue weighted by Crippen LogP contribution is 2.41. The Morgan fingerprint density at radius 1 is 1.24 bits per heavy atom. The Hall–Kier alpha value is -1.54. The molecular formula is C12H16N2O9S2. The van der Waals surface area contributed by atoms with E-state index in [-0.39, 0.29) is 6.01 Å². The molecule has 0 saturated carbocycles. The first-order chi connectivity index (χ1) is 11.4. The summed E-state index contributed by atoms with van der Waals surface area (Å²) in [6.07, 6.45) is -0.780. The smallest absolute Gasteiger partial charge is 0.302 e. The molecule has 0 spiro atoms. The van der Waals surface area contributed by atoms with Gasteiger partial charge < -0.3 is 9.47 Å². The van der Waals surface area contributed by atoms with Gasteiger partial charge in [0.05, 0.1) is 19.1 Å². The predicted molar refractivity (Wildman–Crippen MR) is 82.1 cm³/mol. The van der Waals surface area contributed by atoms with E-state index in [1.54, 1.807) is 6.92 Å². The van der Waals surface area contributed by atoms with E-state index >= 15 is 0 Å². The number of ether oxygens (including phenoxy) is 2. The van der Waals surface area contributed by atoms with Gasteiger partial charge in [-0.05, 0) is 6.92 Å². The molecule has 4 unspecified atom stereocenters. The van der Waals surface area contributed by atoms with Crippen molar-refractivity contribution in [1.29, 1.82) is 0 Å². The third-order valence-corrected chi connectivity index (χ3v) is 4.76. The Kier molecular flexibility index (Phi) is 4.39. The molecule has 3 heterocycles. The summed E-state index contributed by atoms with van der Waals surface area (Å²) in [6, 6.07) is -0.0322. The molecule has 0 amide bonds.